The summed E-state index contributed by atoms with van der Waals surface area (Å²) >= 11 is 0. The van der Waals surface area contributed by atoms with E-state index < -0.39 is 0 Å². The maximum absolute atomic E-state index is 6.01. The maximum Gasteiger partial charge on any atom is 0.0788 e. The van der Waals surface area contributed by atoms with Gasteiger partial charge >= 0.3 is 0 Å². The van der Waals surface area contributed by atoms with Crippen molar-refractivity contribution in [2.45, 2.75) is 64.4 Å². The Morgan fingerprint density at radius 1 is 1.05 bits per heavy atom. The molecule has 1 aliphatic rings. The summed E-state index contributed by atoms with van der Waals surface area (Å²) in [5, 5.41) is 3.46. The molecule has 0 radical (unpaired) electrons. The first-order valence-corrected chi connectivity index (χ1v) is 8.33. The molecule has 1 aromatic carbocycles. The minimum atomic E-state index is 0.352. The Labute approximate surface area is 123 Å². The molecule has 0 saturated carbocycles. The lowest BCUT2D eigenvalue weighted by molar-refractivity contribution is 0.0575. The van der Waals surface area contributed by atoms with Gasteiger partial charge in [-0.05, 0) is 18.1 Å². The lowest BCUT2D eigenvalue weighted by Crippen LogP contribution is -2.30. The van der Waals surface area contributed by atoms with E-state index in [0.717, 1.165) is 19.6 Å². The van der Waals surface area contributed by atoms with E-state index in [1.165, 1.54) is 56.2 Å². The topological polar surface area (TPSA) is 21.3 Å². The van der Waals surface area contributed by atoms with Gasteiger partial charge in [0.25, 0.3) is 0 Å². The van der Waals surface area contributed by atoms with Crippen molar-refractivity contribution in [1.82, 2.24) is 0 Å². The summed E-state index contributed by atoms with van der Waals surface area (Å²) in [6.07, 6.45) is 10.8. The van der Waals surface area contributed by atoms with Crippen LogP contribution < -0.4 is 5.32 Å². The highest BCUT2D eigenvalue weighted by Gasteiger charge is 2.17. The lowest BCUT2D eigenvalue weighted by Gasteiger charge is -2.26. The van der Waals surface area contributed by atoms with Crippen LogP contribution in [-0.4, -0.2) is 19.3 Å². The highest BCUT2D eigenvalue weighted by molar-refractivity contribution is 5.53. The fraction of sp³-hybridized carbons (Fsp3) is 0.667. The number of benzene rings is 1. The van der Waals surface area contributed by atoms with Gasteiger partial charge in [-0.15, -0.1) is 0 Å². The van der Waals surface area contributed by atoms with Gasteiger partial charge in [0.1, 0.15) is 0 Å². The average Bonchev–Trinajstić information content (AvgIpc) is 2.50. The standard InChI is InChI=1S/C18H29NO/c1-2-3-4-5-6-7-10-13-20-17-14-16-11-8-9-12-18(16)19-15-17/h8-9,11-12,17,19H,2-7,10,13-15H2,1H3. The first-order chi connectivity index (χ1) is 9.90. The van der Waals surface area contributed by atoms with Gasteiger partial charge in [-0.25, -0.2) is 0 Å². The van der Waals surface area contributed by atoms with Crippen LogP contribution in [0.25, 0.3) is 0 Å². The maximum atomic E-state index is 6.01. The third kappa shape index (κ3) is 5.16. The zero-order valence-corrected chi connectivity index (χ0v) is 12.9. The molecule has 0 aliphatic carbocycles. The summed E-state index contributed by atoms with van der Waals surface area (Å²) in [7, 11) is 0. The number of rotatable bonds is 9. The minimum absolute atomic E-state index is 0.352. The smallest absolute Gasteiger partial charge is 0.0788 e. The highest BCUT2D eigenvalue weighted by Crippen LogP contribution is 2.22. The molecule has 0 bridgehead atoms. The van der Waals surface area contributed by atoms with Crippen LogP contribution in [-0.2, 0) is 11.2 Å². The monoisotopic (exact) mass is 275 g/mol. The molecule has 0 spiro atoms. The number of para-hydroxylation sites is 1. The van der Waals surface area contributed by atoms with Crippen molar-refractivity contribution in [2.75, 3.05) is 18.5 Å². The van der Waals surface area contributed by atoms with Gasteiger partial charge in [-0.3, -0.25) is 0 Å². The van der Waals surface area contributed by atoms with Crippen molar-refractivity contribution in [2.24, 2.45) is 0 Å². The molecule has 2 rings (SSSR count). The second-order valence-electron chi connectivity index (χ2n) is 5.86. The number of anilines is 1. The molecule has 1 aliphatic heterocycles. The molecule has 0 fully saturated rings. The number of nitrogens with one attached hydrogen (secondary N) is 1. The van der Waals surface area contributed by atoms with Gasteiger partial charge in [-0.2, -0.15) is 0 Å². The van der Waals surface area contributed by atoms with E-state index >= 15 is 0 Å². The zero-order valence-electron chi connectivity index (χ0n) is 12.9. The summed E-state index contributed by atoms with van der Waals surface area (Å²) in [6, 6.07) is 8.55. The minimum Gasteiger partial charge on any atom is -0.382 e. The summed E-state index contributed by atoms with van der Waals surface area (Å²) in [5.74, 6) is 0. The second-order valence-corrected chi connectivity index (χ2v) is 5.86. The molecule has 0 aromatic heterocycles. The molecule has 1 N–H and O–H groups in total. The SMILES string of the molecule is CCCCCCCCCOC1CNc2ccccc2C1. The molecule has 1 aromatic rings. The van der Waals surface area contributed by atoms with Crippen LogP contribution in [0.2, 0.25) is 0 Å². The summed E-state index contributed by atoms with van der Waals surface area (Å²) in [5.41, 5.74) is 2.67. The molecule has 2 heteroatoms. The van der Waals surface area contributed by atoms with Crippen molar-refractivity contribution in [1.29, 1.82) is 0 Å². The third-order valence-electron chi connectivity index (χ3n) is 4.09. The Hall–Kier alpha value is -1.02. The van der Waals surface area contributed by atoms with Gasteiger partial charge in [0.2, 0.25) is 0 Å². The lowest BCUT2D eigenvalue weighted by atomic mass is 10.0. The Morgan fingerprint density at radius 3 is 2.65 bits per heavy atom. The number of hydrogen-bond acceptors (Lipinski definition) is 2. The number of ether oxygens (including phenoxy) is 1. The van der Waals surface area contributed by atoms with Crippen molar-refractivity contribution >= 4 is 5.69 Å². The van der Waals surface area contributed by atoms with Crippen LogP contribution in [0, 0.1) is 0 Å². The fourth-order valence-corrected chi connectivity index (χ4v) is 2.84. The van der Waals surface area contributed by atoms with Gasteiger partial charge in [0.15, 0.2) is 0 Å². The molecule has 2 nitrogen and oxygen atoms in total. The molecule has 0 saturated heterocycles. The van der Waals surface area contributed by atoms with E-state index in [2.05, 4.69) is 36.5 Å². The van der Waals surface area contributed by atoms with Gasteiger partial charge in [0.05, 0.1) is 6.10 Å². The highest BCUT2D eigenvalue weighted by atomic mass is 16.5. The fourth-order valence-electron chi connectivity index (χ4n) is 2.84. The summed E-state index contributed by atoms with van der Waals surface area (Å²) < 4.78 is 6.01. The van der Waals surface area contributed by atoms with Crippen LogP contribution in [0.15, 0.2) is 24.3 Å². The average molecular weight is 275 g/mol. The molecule has 0 amide bonds. The van der Waals surface area contributed by atoms with Crippen molar-refractivity contribution < 1.29 is 4.74 Å². The van der Waals surface area contributed by atoms with Gasteiger partial charge < -0.3 is 10.1 Å². The Balaban J connectivity index is 1.53. The van der Waals surface area contributed by atoms with Crippen LogP contribution in [0.1, 0.15) is 57.4 Å². The Morgan fingerprint density at radius 2 is 1.80 bits per heavy atom. The molecule has 112 valence electrons. The first kappa shape index (κ1) is 15.4. The van der Waals surface area contributed by atoms with E-state index in [9.17, 15) is 0 Å². The van der Waals surface area contributed by atoms with Crippen molar-refractivity contribution in [3.05, 3.63) is 29.8 Å². The summed E-state index contributed by atoms with van der Waals surface area (Å²) in [4.78, 5) is 0. The normalized spacial score (nSPS) is 17.6. The molecule has 1 unspecified atom stereocenters. The third-order valence-corrected chi connectivity index (χ3v) is 4.09. The van der Waals surface area contributed by atoms with E-state index in [4.69, 9.17) is 4.74 Å². The summed E-state index contributed by atoms with van der Waals surface area (Å²) in [6.45, 7) is 4.14. The molecular weight excluding hydrogens is 246 g/mol. The van der Waals surface area contributed by atoms with Crippen molar-refractivity contribution in [3.8, 4) is 0 Å². The number of hydrogen-bond donors (Lipinski definition) is 1. The van der Waals surface area contributed by atoms with E-state index in [0.29, 0.717) is 6.10 Å². The van der Waals surface area contributed by atoms with Crippen molar-refractivity contribution in [3.63, 3.8) is 0 Å². The van der Waals surface area contributed by atoms with E-state index in [1.54, 1.807) is 0 Å². The second kappa shape index (κ2) is 9.02. The van der Waals surface area contributed by atoms with Crippen LogP contribution >= 0.6 is 0 Å². The number of fused-ring (bicyclic) bond motifs is 1. The number of unbranched alkanes of at least 4 members (excludes halogenated alkanes) is 6. The van der Waals surface area contributed by atoms with Gasteiger partial charge in [-0.1, -0.05) is 63.6 Å². The molecule has 1 atom stereocenters. The molecule has 1 heterocycles. The van der Waals surface area contributed by atoms with Crippen LogP contribution in [0.3, 0.4) is 0 Å². The Kier molecular flexibility index (Phi) is 6.93. The first-order valence-electron chi connectivity index (χ1n) is 8.33. The van der Waals surface area contributed by atoms with Gasteiger partial charge in [0, 0.05) is 25.3 Å². The Bertz CT molecular complexity index is 377. The zero-order chi connectivity index (χ0) is 14.0. The van der Waals surface area contributed by atoms with E-state index in [-0.39, 0.29) is 0 Å². The molecular formula is C18H29NO. The van der Waals surface area contributed by atoms with Crippen LogP contribution in [0.5, 0.6) is 0 Å². The predicted molar refractivity (Wildman–Crippen MR) is 86.4 cm³/mol. The quantitative estimate of drug-likeness (QED) is 0.654. The van der Waals surface area contributed by atoms with Crippen LogP contribution in [0.4, 0.5) is 5.69 Å². The molecule has 20 heavy (non-hydrogen) atoms. The van der Waals surface area contributed by atoms with E-state index in [1.807, 2.05) is 0 Å². The largest absolute Gasteiger partial charge is 0.382 e. The predicted octanol–water partition coefficient (Wildman–Crippen LogP) is 4.79.